The number of nitrogens with zero attached hydrogens (tertiary/aromatic N) is 2. The average molecular weight is 358 g/mol. The molecule has 0 radical (unpaired) electrons. The van der Waals surface area contributed by atoms with Crippen LogP contribution >= 0.6 is 11.3 Å². The molecule has 0 spiro atoms. The lowest BCUT2D eigenvalue weighted by Crippen LogP contribution is -2.26. The van der Waals surface area contributed by atoms with Gasteiger partial charge < -0.3 is 9.52 Å². The summed E-state index contributed by atoms with van der Waals surface area (Å²) in [6, 6.07) is 3.02. The number of hydrogen-bond donors (Lipinski definition) is 1. The molecule has 0 aromatic carbocycles. The zero-order valence-electron chi connectivity index (χ0n) is 13.9. The van der Waals surface area contributed by atoms with Gasteiger partial charge in [-0.25, -0.2) is 9.78 Å². The van der Waals surface area contributed by atoms with Crippen molar-refractivity contribution in [3.63, 3.8) is 0 Å². The van der Waals surface area contributed by atoms with Crippen molar-refractivity contribution in [1.29, 1.82) is 0 Å². The van der Waals surface area contributed by atoms with Gasteiger partial charge in [-0.15, -0.1) is 11.3 Å². The molecule has 3 aromatic rings. The van der Waals surface area contributed by atoms with Crippen LogP contribution in [0.5, 0.6) is 0 Å². The average Bonchev–Trinajstić information content (AvgIpc) is 3.26. The molecule has 6 nitrogen and oxygen atoms in total. The van der Waals surface area contributed by atoms with Gasteiger partial charge in [-0.3, -0.25) is 9.36 Å². The SMILES string of the molecule is CCCc1nc2sc3c(c2c(=O)n1Cc1ccc(C(=O)O)o1)CCC3. The van der Waals surface area contributed by atoms with Crippen LogP contribution < -0.4 is 5.56 Å². The minimum atomic E-state index is -1.11. The predicted molar refractivity (Wildman–Crippen MR) is 94.7 cm³/mol. The molecule has 3 heterocycles. The van der Waals surface area contributed by atoms with E-state index in [1.54, 1.807) is 22.0 Å². The van der Waals surface area contributed by atoms with Crippen LogP contribution in [0.4, 0.5) is 0 Å². The Balaban J connectivity index is 1.85. The summed E-state index contributed by atoms with van der Waals surface area (Å²) in [5.74, 6) is -0.0553. The third-order valence-corrected chi connectivity index (χ3v) is 5.75. The van der Waals surface area contributed by atoms with Crippen LogP contribution in [0, 0.1) is 0 Å². The smallest absolute Gasteiger partial charge is 0.371 e. The monoisotopic (exact) mass is 358 g/mol. The Morgan fingerprint density at radius 1 is 1.40 bits per heavy atom. The molecule has 0 saturated carbocycles. The first kappa shape index (κ1) is 16.1. The first-order chi connectivity index (χ1) is 12.1. The molecule has 1 aliphatic carbocycles. The van der Waals surface area contributed by atoms with E-state index in [1.807, 2.05) is 6.92 Å². The lowest BCUT2D eigenvalue weighted by atomic mass is 10.2. The molecule has 0 unspecified atom stereocenters. The first-order valence-corrected chi connectivity index (χ1v) is 9.26. The van der Waals surface area contributed by atoms with Gasteiger partial charge in [-0.2, -0.15) is 0 Å². The van der Waals surface area contributed by atoms with E-state index in [2.05, 4.69) is 0 Å². The van der Waals surface area contributed by atoms with E-state index >= 15 is 0 Å². The van der Waals surface area contributed by atoms with Crippen LogP contribution in [-0.4, -0.2) is 20.6 Å². The van der Waals surface area contributed by atoms with Gasteiger partial charge in [0, 0.05) is 11.3 Å². The molecular formula is C18H18N2O4S. The molecular weight excluding hydrogens is 340 g/mol. The Morgan fingerprint density at radius 3 is 2.96 bits per heavy atom. The van der Waals surface area contributed by atoms with Crippen molar-refractivity contribution in [2.24, 2.45) is 0 Å². The third kappa shape index (κ3) is 2.68. The molecule has 0 amide bonds. The molecule has 25 heavy (non-hydrogen) atoms. The summed E-state index contributed by atoms with van der Waals surface area (Å²) in [6.07, 6.45) is 4.62. The highest BCUT2D eigenvalue weighted by molar-refractivity contribution is 7.18. The molecule has 0 atom stereocenters. The first-order valence-electron chi connectivity index (χ1n) is 8.44. The number of thiophene rings is 1. The van der Waals surface area contributed by atoms with Crippen molar-refractivity contribution < 1.29 is 14.3 Å². The van der Waals surface area contributed by atoms with Crippen LogP contribution in [0.25, 0.3) is 10.2 Å². The zero-order valence-corrected chi connectivity index (χ0v) is 14.7. The van der Waals surface area contributed by atoms with Crippen molar-refractivity contribution in [2.75, 3.05) is 0 Å². The van der Waals surface area contributed by atoms with Crippen LogP contribution in [-0.2, 0) is 25.8 Å². The van der Waals surface area contributed by atoms with Gasteiger partial charge >= 0.3 is 5.97 Å². The maximum absolute atomic E-state index is 13.2. The largest absolute Gasteiger partial charge is 0.475 e. The topological polar surface area (TPSA) is 85.3 Å². The standard InChI is InChI=1S/C18H18N2O4S/c1-2-4-14-19-16-15(11-5-3-6-13(11)25-16)17(21)20(14)9-10-7-8-12(24-10)18(22)23/h7-8H,2-6,9H2,1H3,(H,22,23). The number of hydrogen-bond acceptors (Lipinski definition) is 5. The van der Waals surface area contributed by atoms with Crippen LogP contribution in [0.2, 0.25) is 0 Å². The second kappa shape index (κ2) is 6.15. The summed E-state index contributed by atoms with van der Waals surface area (Å²) in [5, 5.41) is 9.74. The number of rotatable bonds is 5. The molecule has 0 fully saturated rings. The molecule has 3 aromatic heterocycles. The van der Waals surface area contributed by atoms with Crippen molar-refractivity contribution in [3.8, 4) is 0 Å². The van der Waals surface area contributed by atoms with Gasteiger partial charge in [-0.05, 0) is 43.4 Å². The second-order valence-corrected chi connectivity index (χ2v) is 7.36. The van der Waals surface area contributed by atoms with Gasteiger partial charge in [0.15, 0.2) is 0 Å². The Bertz CT molecular complexity index is 1030. The Labute approximate surface area is 147 Å². The van der Waals surface area contributed by atoms with E-state index in [9.17, 15) is 9.59 Å². The summed E-state index contributed by atoms with van der Waals surface area (Å²) in [5.41, 5.74) is 1.11. The summed E-state index contributed by atoms with van der Waals surface area (Å²) < 4.78 is 6.98. The van der Waals surface area contributed by atoms with Gasteiger partial charge in [0.05, 0.1) is 11.9 Å². The second-order valence-electron chi connectivity index (χ2n) is 6.28. The molecule has 0 aliphatic heterocycles. The van der Waals surface area contributed by atoms with Crippen molar-refractivity contribution in [1.82, 2.24) is 9.55 Å². The fourth-order valence-corrected chi connectivity index (χ4v) is 4.70. The number of carboxylic acids is 1. The molecule has 4 rings (SSSR count). The Hall–Kier alpha value is -2.41. The van der Waals surface area contributed by atoms with E-state index in [4.69, 9.17) is 14.5 Å². The highest BCUT2D eigenvalue weighted by Gasteiger charge is 2.23. The fourth-order valence-electron chi connectivity index (χ4n) is 3.43. The van der Waals surface area contributed by atoms with E-state index < -0.39 is 5.97 Å². The number of fused-ring (bicyclic) bond motifs is 3. The Kier molecular flexibility index (Phi) is 3.95. The van der Waals surface area contributed by atoms with Gasteiger partial charge in [0.2, 0.25) is 5.76 Å². The lowest BCUT2D eigenvalue weighted by Gasteiger charge is -2.11. The highest BCUT2D eigenvalue weighted by atomic mass is 32.1. The number of furan rings is 1. The maximum Gasteiger partial charge on any atom is 0.371 e. The van der Waals surface area contributed by atoms with Gasteiger partial charge in [0.25, 0.3) is 5.56 Å². The molecule has 0 bridgehead atoms. The molecule has 1 N–H and O–H groups in total. The van der Waals surface area contributed by atoms with E-state index in [0.29, 0.717) is 12.2 Å². The summed E-state index contributed by atoms with van der Waals surface area (Å²) in [6.45, 7) is 2.25. The van der Waals surface area contributed by atoms with Crippen molar-refractivity contribution in [2.45, 2.75) is 45.6 Å². The summed E-state index contributed by atoms with van der Waals surface area (Å²) in [4.78, 5) is 31.0. The molecule has 1 aliphatic rings. The van der Waals surface area contributed by atoms with E-state index in [0.717, 1.165) is 47.3 Å². The summed E-state index contributed by atoms with van der Waals surface area (Å²) >= 11 is 1.64. The number of carbonyl (C=O) groups is 1. The van der Waals surface area contributed by atoms with Crippen LogP contribution in [0.1, 0.15) is 52.3 Å². The quantitative estimate of drug-likeness (QED) is 0.757. The van der Waals surface area contributed by atoms with Gasteiger partial charge in [0.1, 0.15) is 16.4 Å². The number of aryl methyl sites for hydroxylation is 3. The minimum absolute atomic E-state index is 0.0406. The lowest BCUT2D eigenvalue weighted by molar-refractivity contribution is 0.0660. The molecule has 0 saturated heterocycles. The Morgan fingerprint density at radius 2 is 2.24 bits per heavy atom. The number of carboxylic acid groups (broad SMARTS) is 1. The normalized spacial score (nSPS) is 13.5. The van der Waals surface area contributed by atoms with Crippen LogP contribution in [0.15, 0.2) is 21.3 Å². The van der Waals surface area contributed by atoms with Crippen LogP contribution in [0.3, 0.4) is 0 Å². The zero-order chi connectivity index (χ0) is 17.6. The number of aromatic carboxylic acids is 1. The van der Waals surface area contributed by atoms with E-state index in [-0.39, 0.29) is 17.9 Å². The van der Waals surface area contributed by atoms with Crippen molar-refractivity contribution in [3.05, 3.63) is 50.3 Å². The number of aromatic nitrogens is 2. The summed E-state index contributed by atoms with van der Waals surface area (Å²) in [7, 11) is 0. The van der Waals surface area contributed by atoms with Gasteiger partial charge in [-0.1, -0.05) is 6.92 Å². The third-order valence-electron chi connectivity index (χ3n) is 4.56. The van der Waals surface area contributed by atoms with E-state index in [1.165, 1.54) is 10.9 Å². The predicted octanol–water partition coefficient (Wildman–Crippen LogP) is 3.24. The maximum atomic E-state index is 13.2. The fraction of sp³-hybridized carbons (Fsp3) is 0.389. The molecule has 7 heteroatoms. The molecule has 130 valence electrons. The minimum Gasteiger partial charge on any atom is -0.475 e. The van der Waals surface area contributed by atoms with Crippen molar-refractivity contribution >= 4 is 27.5 Å². The highest BCUT2D eigenvalue weighted by Crippen LogP contribution is 2.34.